The highest BCUT2D eigenvalue weighted by atomic mass is 16.7. The van der Waals surface area contributed by atoms with E-state index in [0.717, 1.165) is 0 Å². The maximum Gasteiger partial charge on any atom is 0.155 e. The summed E-state index contributed by atoms with van der Waals surface area (Å²) in [5.41, 5.74) is -0.160. The highest BCUT2D eigenvalue weighted by molar-refractivity contribution is 5.55. The maximum absolute atomic E-state index is 10.3. The summed E-state index contributed by atoms with van der Waals surface area (Å²) >= 11 is 0. The van der Waals surface area contributed by atoms with Gasteiger partial charge in [-0.1, -0.05) is 0 Å². The Morgan fingerprint density at radius 2 is 2.25 bits per heavy atom. The van der Waals surface area contributed by atoms with Crippen LogP contribution in [0.15, 0.2) is 5.70 Å². The number of hydrogen-bond acceptors (Lipinski definition) is 4. The van der Waals surface area contributed by atoms with Crippen LogP contribution in [0.3, 0.4) is 0 Å². The van der Waals surface area contributed by atoms with Crippen LogP contribution in [0.4, 0.5) is 0 Å². The molecule has 1 saturated heterocycles. The third-order valence-electron chi connectivity index (χ3n) is 1.41. The maximum atomic E-state index is 10.3. The highest BCUT2D eigenvalue weighted by Crippen LogP contribution is 2.24. The van der Waals surface area contributed by atoms with Crippen LogP contribution in [0.2, 0.25) is 0 Å². The van der Waals surface area contributed by atoms with Crippen molar-refractivity contribution < 1.29 is 14.7 Å². The Bertz CT molecular complexity index is 225. The van der Waals surface area contributed by atoms with Gasteiger partial charge in [-0.05, 0) is 20.8 Å². The molecule has 1 rings (SSSR count). The molecular weight excluding hydrogens is 158 g/mol. The van der Waals surface area contributed by atoms with E-state index < -0.39 is 6.10 Å². The average Bonchev–Trinajstić information content (AvgIpc) is 1.84. The summed E-state index contributed by atoms with van der Waals surface area (Å²) in [6.45, 7) is 5.97. The van der Waals surface area contributed by atoms with Crippen LogP contribution in [-0.4, -0.2) is 34.4 Å². The second kappa shape index (κ2) is 2.90. The molecule has 1 heterocycles. The van der Waals surface area contributed by atoms with Gasteiger partial charge >= 0.3 is 0 Å². The molecule has 4 nitrogen and oxygen atoms in total. The number of hydrogen-bond donors (Lipinski definition) is 1. The summed E-state index contributed by atoms with van der Waals surface area (Å²) in [6, 6.07) is 0. The largest absolute Gasteiger partial charge is 0.384 e. The van der Waals surface area contributed by atoms with Gasteiger partial charge in [-0.15, -0.1) is 0 Å². The fourth-order valence-corrected chi connectivity index (χ4v) is 0.932. The summed E-state index contributed by atoms with van der Waals surface area (Å²) in [4.78, 5) is 15.6. The first-order valence-corrected chi connectivity index (χ1v) is 3.84. The molecule has 0 radical (unpaired) electrons. The third-order valence-corrected chi connectivity index (χ3v) is 1.41. The zero-order valence-electron chi connectivity index (χ0n) is 7.50. The zero-order valence-corrected chi connectivity index (χ0v) is 7.50. The van der Waals surface area contributed by atoms with Crippen molar-refractivity contribution in [3.05, 3.63) is 5.70 Å². The topological polar surface area (TPSA) is 49.8 Å². The Labute approximate surface area is 71.4 Å². The Hall–Kier alpha value is -0.830. The lowest BCUT2D eigenvalue weighted by atomic mass is 10.1. The van der Waals surface area contributed by atoms with Crippen LogP contribution in [-0.2, 0) is 9.63 Å². The molecule has 1 atom stereocenters. The SMILES string of the molecule is CC(C)(C)ON1CC(O)C1=C=O. The van der Waals surface area contributed by atoms with Crippen molar-refractivity contribution in [2.45, 2.75) is 32.5 Å². The number of nitrogens with zero attached hydrogens (tertiary/aromatic N) is 1. The molecule has 1 unspecified atom stereocenters. The van der Waals surface area contributed by atoms with Crippen LogP contribution in [0.1, 0.15) is 20.8 Å². The molecule has 68 valence electrons. The molecule has 1 N–H and O–H groups in total. The van der Waals surface area contributed by atoms with E-state index in [4.69, 9.17) is 9.94 Å². The van der Waals surface area contributed by atoms with Crippen LogP contribution in [0.5, 0.6) is 0 Å². The molecular formula is C8H13NO3. The molecule has 0 aromatic heterocycles. The normalized spacial score (nSPS) is 23.5. The molecule has 12 heavy (non-hydrogen) atoms. The molecule has 1 aliphatic heterocycles. The summed E-state index contributed by atoms with van der Waals surface area (Å²) in [6.07, 6.45) is -0.704. The lowest BCUT2D eigenvalue weighted by Gasteiger charge is -2.40. The molecule has 4 heteroatoms. The predicted octanol–water partition coefficient (Wildman–Crippen LogP) is 0.109. The quantitative estimate of drug-likeness (QED) is 0.569. The van der Waals surface area contributed by atoms with E-state index >= 15 is 0 Å². The number of carbonyl (C=O) groups excluding carboxylic acids is 1. The first-order valence-electron chi connectivity index (χ1n) is 3.84. The van der Waals surface area contributed by atoms with Crippen molar-refractivity contribution in [1.82, 2.24) is 5.06 Å². The first kappa shape index (κ1) is 9.26. The van der Waals surface area contributed by atoms with Gasteiger partial charge < -0.3 is 5.11 Å². The van der Waals surface area contributed by atoms with Crippen LogP contribution in [0, 0.1) is 0 Å². The van der Waals surface area contributed by atoms with Crippen molar-refractivity contribution in [2.75, 3.05) is 6.54 Å². The molecule has 1 aliphatic rings. The monoisotopic (exact) mass is 171 g/mol. The van der Waals surface area contributed by atoms with Crippen molar-refractivity contribution >= 4 is 5.94 Å². The smallest absolute Gasteiger partial charge is 0.155 e. The molecule has 0 aromatic carbocycles. The highest BCUT2D eigenvalue weighted by Gasteiger charge is 2.35. The molecule has 1 fully saturated rings. The van der Waals surface area contributed by atoms with Crippen molar-refractivity contribution in [3.8, 4) is 0 Å². The van der Waals surface area contributed by atoms with E-state index in [2.05, 4.69) is 0 Å². The molecule has 0 aromatic rings. The van der Waals surface area contributed by atoms with Gasteiger partial charge in [-0.25, -0.2) is 9.86 Å². The third kappa shape index (κ3) is 1.85. The van der Waals surface area contributed by atoms with E-state index in [0.29, 0.717) is 6.54 Å². The Morgan fingerprint density at radius 3 is 2.58 bits per heavy atom. The Balaban J connectivity index is 2.53. The second-order valence-electron chi connectivity index (χ2n) is 3.77. The van der Waals surface area contributed by atoms with Gasteiger partial charge in [-0.2, -0.15) is 0 Å². The van der Waals surface area contributed by atoms with Gasteiger partial charge in [0.15, 0.2) is 11.6 Å². The van der Waals surface area contributed by atoms with E-state index in [1.165, 1.54) is 5.06 Å². The van der Waals surface area contributed by atoms with E-state index in [9.17, 15) is 4.79 Å². The zero-order chi connectivity index (χ0) is 9.35. The van der Waals surface area contributed by atoms with Crippen molar-refractivity contribution in [1.29, 1.82) is 0 Å². The van der Waals surface area contributed by atoms with Crippen LogP contribution < -0.4 is 0 Å². The van der Waals surface area contributed by atoms with Crippen molar-refractivity contribution in [2.24, 2.45) is 0 Å². The fraction of sp³-hybridized carbons (Fsp3) is 0.750. The van der Waals surface area contributed by atoms with Crippen LogP contribution in [0.25, 0.3) is 0 Å². The first-order chi connectivity index (χ1) is 5.44. The lowest BCUT2D eigenvalue weighted by Crippen LogP contribution is -2.51. The number of rotatable bonds is 1. The standard InChI is InChI=1S/C8H13NO3/c1-8(2,3)12-9-4-7(11)6(9)5-10/h7,11H,4H2,1-3H3. The predicted molar refractivity (Wildman–Crippen MR) is 42.8 cm³/mol. The minimum Gasteiger partial charge on any atom is -0.384 e. The summed E-state index contributed by atoms with van der Waals surface area (Å²) < 4.78 is 0. The molecule has 0 spiro atoms. The average molecular weight is 171 g/mol. The molecule has 0 saturated carbocycles. The second-order valence-corrected chi connectivity index (χ2v) is 3.77. The number of hydroxylamine groups is 2. The Morgan fingerprint density at radius 1 is 1.67 bits per heavy atom. The molecule has 0 aliphatic carbocycles. The van der Waals surface area contributed by atoms with Gasteiger partial charge in [0.25, 0.3) is 0 Å². The number of β-amino-alcohol motifs (C(OH)–C–C–N with tert-alkyl or cyclic N) is 1. The van der Waals surface area contributed by atoms with Crippen LogP contribution >= 0.6 is 0 Å². The lowest BCUT2D eigenvalue weighted by molar-refractivity contribution is -0.252. The number of aliphatic hydroxyl groups excluding tert-OH is 1. The number of aliphatic hydroxyl groups is 1. The summed E-state index contributed by atoms with van der Waals surface area (Å²) in [7, 11) is 0. The summed E-state index contributed by atoms with van der Waals surface area (Å²) in [5.74, 6) is 1.64. The Kier molecular flexibility index (Phi) is 2.24. The van der Waals surface area contributed by atoms with Crippen molar-refractivity contribution in [3.63, 3.8) is 0 Å². The van der Waals surface area contributed by atoms with Gasteiger partial charge in [-0.3, -0.25) is 4.84 Å². The fourth-order valence-electron chi connectivity index (χ4n) is 0.932. The molecule has 0 amide bonds. The van der Waals surface area contributed by atoms with E-state index in [-0.39, 0.29) is 11.3 Å². The van der Waals surface area contributed by atoms with Gasteiger partial charge in [0.1, 0.15) is 6.10 Å². The molecule has 0 bridgehead atoms. The minimum absolute atomic E-state index is 0.185. The van der Waals surface area contributed by atoms with E-state index in [1.807, 2.05) is 20.8 Å². The van der Waals surface area contributed by atoms with Gasteiger partial charge in [0, 0.05) is 0 Å². The summed E-state index contributed by atoms with van der Waals surface area (Å²) in [5, 5.41) is 10.4. The minimum atomic E-state index is -0.704. The van der Waals surface area contributed by atoms with E-state index in [1.54, 1.807) is 5.94 Å². The van der Waals surface area contributed by atoms with Gasteiger partial charge in [0.2, 0.25) is 0 Å². The van der Waals surface area contributed by atoms with Gasteiger partial charge in [0.05, 0.1) is 12.1 Å².